The normalized spacial score (nSPS) is 13.8. The molecule has 1 aromatic rings. The van der Waals surface area contributed by atoms with Crippen LogP contribution in [0, 0.1) is 0 Å². The second-order valence-corrected chi connectivity index (χ2v) is 2.89. The number of para-hydroxylation sites is 1. The second-order valence-electron chi connectivity index (χ2n) is 2.89. The number of anilines is 1. The molecule has 1 aliphatic rings. The second kappa shape index (κ2) is 3.09. The van der Waals surface area contributed by atoms with Crippen molar-refractivity contribution < 1.29 is 9.53 Å². The monoisotopic (exact) mass is 177 g/mol. The minimum absolute atomic E-state index is 0.136. The van der Waals surface area contributed by atoms with Gasteiger partial charge in [0.25, 0.3) is 0 Å². The van der Waals surface area contributed by atoms with Gasteiger partial charge in [-0.15, -0.1) is 0 Å². The van der Waals surface area contributed by atoms with Crippen LogP contribution >= 0.6 is 0 Å². The van der Waals surface area contributed by atoms with Crippen LogP contribution in [0.15, 0.2) is 18.2 Å². The van der Waals surface area contributed by atoms with Crippen LogP contribution in [0.5, 0.6) is 5.75 Å². The number of nitrogens with one attached hydrogen (secondary N) is 1. The van der Waals surface area contributed by atoms with Crippen molar-refractivity contribution in [1.29, 1.82) is 0 Å². The van der Waals surface area contributed by atoms with E-state index in [9.17, 15) is 4.79 Å². The van der Waals surface area contributed by atoms with Crippen molar-refractivity contribution >= 4 is 11.5 Å². The molecule has 0 saturated heterocycles. The minimum atomic E-state index is 0.136. The maximum atomic E-state index is 11.3. The summed E-state index contributed by atoms with van der Waals surface area (Å²) >= 11 is 0. The van der Waals surface area contributed by atoms with Gasteiger partial charge in [0.1, 0.15) is 5.75 Å². The van der Waals surface area contributed by atoms with Crippen LogP contribution in [-0.4, -0.2) is 18.9 Å². The number of benzene rings is 1. The first-order valence-corrected chi connectivity index (χ1v) is 4.36. The number of carbonyl (C=O) groups excluding carboxylic acids is 1. The van der Waals surface area contributed by atoms with Gasteiger partial charge in [-0.3, -0.25) is 4.79 Å². The average Bonchev–Trinajstić information content (AvgIpc) is 2.50. The van der Waals surface area contributed by atoms with Crippen molar-refractivity contribution in [3.8, 4) is 5.75 Å². The van der Waals surface area contributed by atoms with E-state index in [1.54, 1.807) is 0 Å². The molecule has 68 valence electrons. The molecule has 3 nitrogen and oxygen atoms in total. The molecule has 13 heavy (non-hydrogen) atoms. The topological polar surface area (TPSA) is 38.3 Å². The van der Waals surface area contributed by atoms with E-state index in [1.807, 2.05) is 25.1 Å². The predicted octanol–water partition coefficient (Wildman–Crippen LogP) is 1.69. The van der Waals surface area contributed by atoms with Crippen molar-refractivity contribution in [2.75, 3.05) is 18.5 Å². The Morgan fingerprint density at radius 3 is 3.15 bits per heavy atom. The maximum Gasteiger partial charge on any atom is 0.184 e. The summed E-state index contributed by atoms with van der Waals surface area (Å²) in [5.41, 5.74) is 1.58. The standard InChI is InChI=1S/C10H11NO2/c1-2-13-9-5-3-4-7-8(12)6-11-10(7)9/h3-5,11H,2,6H2,1H3. The summed E-state index contributed by atoms with van der Waals surface area (Å²) in [4.78, 5) is 11.3. The van der Waals surface area contributed by atoms with Gasteiger partial charge < -0.3 is 10.1 Å². The van der Waals surface area contributed by atoms with Crippen LogP contribution in [0.4, 0.5) is 5.69 Å². The molecule has 0 unspecified atom stereocenters. The molecule has 0 spiro atoms. The maximum absolute atomic E-state index is 11.3. The summed E-state index contributed by atoms with van der Waals surface area (Å²) < 4.78 is 5.38. The minimum Gasteiger partial charge on any atom is -0.492 e. The van der Waals surface area contributed by atoms with E-state index in [-0.39, 0.29) is 5.78 Å². The SMILES string of the molecule is CCOc1cccc2c1NCC2=O. The fourth-order valence-electron chi connectivity index (χ4n) is 1.49. The lowest BCUT2D eigenvalue weighted by Gasteiger charge is -2.07. The van der Waals surface area contributed by atoms with Crippen molar-refractivity contribution in [2.24, 2.45) is 0 Å². The molecule has 0 saturated carbocycles. The Morgan fingerprint density at radius 2 is 2.38 bits per heavy atom. The van der Waals surface area contributed by atoms with E-state index >= 15 is 0 Å². The lowest BCUT2D eigenvalue weighted by atomic mass is 10.1. The molecule has 0 aliphatic carbocycles. The van der Waals surface area contributed by atoms with Crippen molar-refractivity contribution in [1.82, 2.24) is 0 Å². The molecule has 0 bridgehead atoms. The molecule has 1 aromatic carbocycles. The Labute approximate surface area is 76.7 Å². The molecule has 0 amide bonds. The lowest BCUT2D eigenvalue weighted by Crippen LogP contribution is -2.00. The number of hydrogen-bond donors (Lipinski definition) is 1. The van der Waals surface area contributed by atoms with Crippen molar-refractivity contribution in [3.05, 3.63) is 23.8 Å². The van der Waals surface area contributed by atoms with E-state index in [2.05, 4.69) is 5.32 Å². The molecule has 1 N–H and O–H groups in total. The van der Waals surface area contributed by atoms with E-state index in [4.69, 9.17) is 4.74 Å². The zero-order valence-electron chi connectivity index (χ0n) is 7.46. The van der Waals surface area contributed by atoms with Crippen LogP contribution in [-0.2, 0) is 0 Å². The van der Waals surface area contributed by atoms with Gasteiger partial charge in [-0.2, -0.15) is 0 Å². The Bertz CT molecular complexity index is 347. The van der Waals surface area contributed by atoms with Crippen LogP contribution in [0.25, 0.3) is 0 Å². The zero-order chi connectivity index (χ0) is 9.26. The quantitative estimate of drug-likeness (QED) is 0.747. The van der Waals surface area contributed by atoms with Crippen LogP contribution in [0.3, 0.4) is 0 Å². The van der Waals surface area contributed by atoms with E-state index in [0.717, 1.165) is 17.0 Å². The third-order valence-corrected chi connectivity index (χ3v) is 2.05. The predicted molar refractivity (Wildman–Crippen MR) is 50.4 cm³/mol. The number of ether oxygens (including phenoxy) is 1. The number of rotatable bonds is 2. The molecule has 0 fully saturated rings. The number of carbonyl (C=O) groups is 1. The smallest absolute Gasteiger partial charge is 0.184 e. The number of ketones is 1. The number of Topliss-reactive ketones (excluding diaryl/α,β-unsaturated/α-hetero) is 1. The summed E-state index contributed by atoms with van der Waals surface area (Å²) in [6, 6.07) is 5.53. The molecular formula is C10H11NO2. The van der Waals surface area contributed by atoms with Gasteiger partial charge >= 0.3 is 0 Å². The molecular weight excluding hydrogens is 166 g/mol. The van der Waals surface area contributed by atoms with E-state index < -0.39 is 0 Å². The van der Waals surface area contributed by atoms with Gasteiger partial charge in [-0.05, 0) is 19.1 Å². The summed E-state index contributed by atoms with van der Waals surface area (Å²) in [5.74, 6) is 0.905. The summed E-state index contributed by atoms with van der Waals surface area (Å²) in [7, 11) is 0. The first-order valence-electron chi connectivity index (χ1n) is 4.36. The summed E-state index contributed by atoms with van der Waals surface area (Å²) in [6.07, 6.45) is 0. The van der Waals surface area contributed by atoms with Gasteiger partial charge in [-0.25, -0.2) is 0 Å². The van der Waals surface area contributed by atoms with Gasteiger partial charge in [0.15, 0.2) is 5.78 Å². The highest BCUT2D eigenvalue weighted by Gasteiger charge is 2.21. The molecule has 0 radical (unpaired) electrons. The summed E-state index contributed by atoms with van der Waals surface area (Å²) in [5, 5.41) is 3.03. The van der Waals surface area contributed by atoms with E-state index in [0.29, 0.717) is 13.2 Å². The molecule has 2 rings (SSSR count). The highest BCUT2D eigenvalue weighted by molar-refractivity contribution is 6.09. The Balaban J connectivity index is 2.44. The fraction of sp³-hybridized carbons (Fsp3) is 0.300. The Kier molecular flexibility index (Phi) is 1.93. The Hall–Kier alpha value is -1.51. The first-order chi connectivity index (χ1) is 6.33. The molecule has 1 heterocycles. The molecule has 1 aliphatic heterocycles. The Morgan fingerprint density at radius 1 is 1.54 bits per heavy atom. The molecule has 0 aromatic heterocycles. The fourth-order valence-corrected chi connectivity index (χ4v) is 1.49. The van der Waals surface area contributed by atoms with Gasteiger partial charge in [0.2, 0.25) is 0 Å². The van der Waals surface area contributed by atoms with Gasteiger partial charge in [0, 0.05) is 5.56 Å². The number of fused-ring (bicyclic) bond motifs is 1. The van der Waals surface area contributed by atoms with Crippen LogP contribution in [0.1, 0.15) is 17.3 Å². The largest absolute Gasteiger partial charge is 0.492 e. The molecule has 3 heteroatoms. The number of hydrogen-bond acceptors (Lipinski definition) is 3. The lowest BCUT2D eigenvalue weighted by molar-refractivity contribution is 0.101. The third kappa shape index (κ3) is 1.26. The van der Waals surface area contributed by atoms with Gasteiger partial charge in [0.05, 0.1) is 18.8 Å². The van der Waals surface area contributed by atoms with Crippen LogP contribution in [0.2, 0.25) is 0 Å². The average molecular weight is 177 g/mol. The van der Waals surface area contributed by atoms with Crippen molar-refractivity contribution in [2.45, 2.75) is 6.92 Å². The third-order valence-electron chi connectivity index (χ3n) is 2.05. The zero-order valence-corrected chi connectivity index (χ0v) is 7.46. The summed E-state index contributed by atoms with van der Waals surface area (Å²) in [6.45, 7) is 2.93. The van der Waals surface area contributed by atoms with Crippen LogP contribution < -0.4 is 10.1 Å². The van der Waals surface area contributed by atoms with Gasteiger partial charge in [-0.1, -0.05) is 6.07 Å². The van der Waals surface area contributed by atoms with Crippen molar-refractivity contribution in [3.63, 3.8) is 0 Å². The highest BCUT2D eigenvalue weighted by atomic mass is 16.5. The molecule has 0 atom stereocenters. The van der Waals surface area contributed by atoms with E-state index in [1.165, 1.54) is 0 Å². The first kappa shape index (κ1) is 8.10. The highest BCUT2D eigenvalue weighted by Crippen LogP contribution is 2.32.